The Hall–Kier alpha value is -0.920. The highest BCUT2D eigenvalue weighted by Crippen LogP contribution is 2.18. The molecule has 0 saturated carbocycles. The maximum Gasteiger partial charge on any atom is 0.264 e. The van der Waals surface area contributed by atoms with Crippen molar-refractivity contribution in [2.24, 2.45) is 0 Å². The molecule has 0 unspecified atom stereocenters. The van der Waals surface area contributed by atoms with E-state index in [1.807, 2.05) is 19.1 Å². The van der Waals surface area contributed by atoms with Gasteiger partial charge >= 0.3 is 0 Å². The summed E-state index contributed by atoms with van der Waals surface area (Å²) < 4.78 is 24.1. The third-order valence-corrected chi connectivity index (χ3v) is 5.24. The van der Waals surface area contributed by atoms with Crippen LogP contribution >= 0.6 is 11.3 Å². The van der Waals surface area contributed by atoms with E-state index in [0.29, 0.717) is 26.2 Å². The van der Waals surface area contributed by atoms with Crippen LogP contribution in [-0.4, -0.2) is 56.0 Å². The molecule has 1 aromatic heterocycles. The van der Waals surface area contributed by atoms with Crippen molar-refractivity contribution in [3.63, 3.8) is 0 Å². The minimum Gasteiger partial charge on any atom is -0.335 e. The minimum absolute atomic E-state index is 0.00116. The molecule has 2 heterocycles. The van der Waals surface area contributed by atoms with E-state index in [4.69, 9.17) is 0 Å². The molecule has 0 aliphatic carbocycles. The average molecular weight is 288 g/mol. The quantitative estimate of drug-likeness (QED) is 0.808. The number of hydrogen-bond donors (Lipinski definition) is 0. The van der Waals surface area contributed by atoms with Crippen LogP contribution in [-0.2, 0) is 10.0 Å². The van der Waals surface area contributed by atoms with Crippen LogP contribution in [0.1, 0.15) is 14.5 Å². The van der Waals surface area contributed by atoms with Crippen LogP contribution in [0.4, 0.5) is 0 Å². The summed E-state index contributed by atoms with van der Waals surface area (Å²) in [6, 6.07) is 3.75. The molecule has 0 bridgehead atoms. The molecule has 1 fully saturated rings. The lowest BCUT2D eigenvalue weighted by molar-refractivity contribution is 0.0703. The monoisotopic (exact) mass is 288 g/mol. The van der Waals surface area contributed by atoms with Crippen LogP contribution in [0.15, 0.2) is 12.1 Å². The van der Waals surface area contributed by atoms with Crippen LogP contribution in [0.25, 0.3) is 0 Å². The summed E-state index contributed by atoms with van der Waals surface area (Å²) in [5.74, 6) is 0.00116. The zero-order chi connectivity index (χ0) is 13.3. The van der Waals surface area contributed by atoms with Gasteiger partial charge in [0, 0.05) is 31.1 Å². The normalized spacial score (nSPS) is 18.0. The molecule has 100 valence electrons. The summed E-state index contributed by atoms with van der Waals surface area (Å²) in [5.41, 5.74) is 0. The number of carbonyl (C=O) groups excluding carboxylic acids is 1. The number of piperazine rings is 1. The minimum atomic E-state index is -3.14. The topological polar surface area (TPSA) is 57.7 Å². The van der Waals surface area contributed by atoms with E-state index in [9.17, 15) is 13.2 Å². The molecule has 1 amide bonds. The van der Waals surface area contributed by atoms with E-state index in [2.05, 4.69) is 0 Å². The van der Waals surface area contributed by atoms with Crippen molar-refractivity contribution in [1.29, 1.82) is 0 Å². The highest BCUT2D eigenvalue weighted by atomic mass is 32.2. The first kappa shape index (κ1) is 13.5. The summed E-state index contributed by atoms with van der Waals surface area (Å²) in [4.78, 5) is 15.7. The van der Waals surface area contributed by atoms with E-state index >= 15 is 0 Å². The Kier molecular flexibility index (Phi) is 3.74. The number of aryl methyl sites for hydroxylation is 1. The van der Waals surface area contributed by atoms with Crippen molar-refractivity contribution in [3.05, 3.63) is 21.9 Å². The molecule has 1 saturated heterocycles. The van der Waals surface area contributed by atoms with Gasteiger partial charge in [-0.05, 0) is 19.1 Å². The van der Waals surface area contributed by atoms with Crippen molar-refractivity contribution < 1.29 is 13.2 Å². The SMILES string of the molecule is Cc1ccc(C(=O)N2CCN(S(C)(=O)=O)CC2)s1. The van der Waals surface area contributed by atoms with Crippen LogP contribution in [0.2, 0.25) is 0 Å². The van der Waals surface area contributed by atoms with E-state index in [0.717, 1.165) is 9.75 Å². The fraction of sp³-hybridized carbons (Fsp3) is 0.545. The molecule has 0 radical (unpaired) electrons. The number of amides is 1. The van der Waals surface area contributed by atoms with E-state index in [1.54, 1.807) is 4.90 Å². The smallest absolute Gasteiger partial charge is 0.264 e. The van der Waals surface area contributed by atoms with Gasteiger partial charge in [0.2, 0.25) is 10.0 Å². The standard InChI is InChI=1S/C11H16N2O3S2/c1-9-3-4-10(17-9)11(14)12-5-7-13(8-6-12)18(2,15)16/h3-4H,5-8H2,1-2H3. The van der Waals surface area contributed by atoms with Crippen molar-refractivity contribution in [2.45, 2.75) is 6.92 Å². The van der Waals surface area contributed by atoms with Crippen LogP contribution in [0.3, 0.4) is 0 Å². The lowest BCUT2D eigenvalue weighted by Crippen LogP contribution is -2.50. The van der Waals surface area contributed by atoms with Gasteiger partial charge in [0.1, 0.15) is 0 Å². The highest BCUT2D eigenvalue weighted by Gasteiger charge is 2.26. The molecule has 7 heteroatoms. The van der Waals surface area contributed by atoms with Gasteiger partial charge in [-0.3, -0.25) is 4.79 Å². The van der Waals surface area contributed by atoms with Crippen molar-refractivity contribution in [3.8, 4) is 0 Å². The van der Waals surface area contributed by atoms with Gasteiger partial charge < -0.3 is 4.90 Å². The average Bonchev–Trinajstić information content (AvgIpc) is 2.74. The Morgan fingerprint density at radius 2 is 1.83 bits per heavy atom. The van der Waals surface area contributed by atoms with Crippen LogP contribution < -0.4 is 0 Å². The van der Waals surface area contributed by atoms with Crippen molar-refractivity contribution >= 4 is 27.3 Å². The zero-order valence-electron chi connectivity index (χ0n) is 10.4. The second-order valence-corrected chi connectivity index (χ2v) is 7.63. The molecule has 0 atom stereocenters. The predicted molar refractivity (Wildman–Crippen MR) is 71.4 cm³/mol. The number of thiophene rings is 1. The lowest BCUT2D eigenvalue weighted by atomic mass is 10.3. The first-order valence-corrected chi connectivity index (χ1v) is 8.35. The summed E-state index contributed by atoms with van der Waals surface area (Å²) in [6.07, 6.45) is 1.20. The van der Waals surface area contributed by atoms with Gasteiger partial charge in [0.15, 0.2) is 0 Å². The zero-order valence-corrected chi connectivity index (χ0v) is 12.1. The van der Waals surface area contributed by atoms with E-state index in [1.165, 1.54) is 21.9 Å². The number of carbonyl (C=O) groups is 1. The van der Waals surface area contributed by atoms with Crippen molar-refractivity contribution in [1.82, 2.24) is 9.21 Å². The van der Waals surface area contributed by atoms with E-state index in [-0.39, 0.29) is 5.91 Å². The maximum atomic E-state index is 12.1. The number of sulfonamides is 1. The third kappa shape index (κ3) is 2.90. The van der Waals surface area contributed by atoms with Gasteiger partial charge in [-0.25, -0.2) is 8.42 Å². The number of rotatable bonds is 2. The van der Waals surface area contributed by atoms with Gasteiger partial charge in [-0.2, -0.15) is 4.31 Å². The van der Waals surface area contributed by atoms with Crippen molar-refractivity contribution in [2.75, 3.05) is 32.4 Å². The van der Waals surface area contributed by atoms with E-state index < -0.39 is 10.0 Å². The summed E-state index contributed by atoms with van der Waals surface area (Å²) in [5, 5.41) is 0. The molecular formula is C11H16N2O3S2. The van der Waals surface area contributed by atoms with Gasteiger partial charge in [-0.1, -0.05) is 0 Å². The maximum absolute atomic E-state index is 12.1. The molecule has 18 heavy (non-hydrogen) atoms. The number of hydrogen-bond acceptors (Lipinski definition) is 4. The molecule has 5 nitrogen and oxygen atoms in total. The van der Waals surface area contributed by atoms with Crippen LogP contribution in [0.5, 0.6) is 0 Å². The lowest BCUT2D eigenvalue weighted by Gasteiger charge is -2.32. The second kappa shape index (κ2) is 4.99. The third-order valence-electron chi connectivity index (χ3n) is 2.95. The molecule has 1 aliphatic rings. The Morgan fingerprint density at radius 1 is 1.22 bits per heavy atom. The highest BCUT2D eigenvalue weighted by molar-refractivity contribution is 7.88. The molecular weight excluding hydrogens is 272 g/mol. The van der Waals surface area contributed by atoms with Gasteiger partial charge in [0.05, 0.1) is 11.1 Å². The molecule has 1 aliphatic heterocycles. The summed E-state index contributed by atoms with van der Waals surface area (Å²) in [6.45, 7) is 3.65. The molecule has 1 aromatic rings. The Bertz CT molecular complexity index is 542. The van der Waals surface area contributed by atoms with Gasteiger partial charge in [-0.15, -0.1) is 11.3 Å². The molecule has 0 N–H and O–H groups in total. The Morgan fingerprint density at radius 3 is 2.28 bits per heavy atom. The number of nitrogens with zero attached hydrogens (tertiary/aromatic N) is 2. The first-order valence-electron chi connectivity index (χ1n) is 5.69. The largest absolute Gasteiger partial charge is 0.335 e. The summed E-state index contributed by atoms with van der Waals surface area (Å²) >= 11 is 1.47. The second-order valence-electron chi connectivity index (χ2n) is 4.36. The fourth-order valence-corrected chi connectivity index (χ4v) is 3.59. The fourth-order valence-electron chi connectivity index (χ4n) is 1.93. The first-order chi connectivity index (χ1) is 8.38. The molecule has 0 spiro atoms. The van der Waals surface area contributed by atoms with Crippen LogP contribution in [0, 0.1) is 6.92 Å². The molecule has 0 aromatic carbocycles. The van der Waals surface area contributed by atoms with Gasteiger partial charge in [0.25, 0.3) is 5.91 Å². The Labute approximate surface area is 111 Å². The summed E-state index contributed by atoms with van der Waals surface area (Å²) in [7, 11) is -3.14. The Balaban J connectivity index is 2.00. The predicted octanol–water partition coefficient (Wildman–Crippen LogP) is 0.774. The molecule has 2 rings (SSSR count).